The second kappa shape index (κ2) is 5.74. The minimum atomic E-state index is -4.58. The Morgan fingerprint density at radius 2 is 1.96 bits per heavy atom. The maximum absolute atomic E-state index is 12.8. The predicted molar refractivity (Wildman–Crippen MR) is 74.6 cm³/mol. The molecule has 2 saturated heterocycles. The number of carboxylic acid groups (broad SMARTS) is 1. The van der Waals surface area contributed by atoms with Crippen molar-refractivity contribution in [1.82, 2.24) is 9.88 Å². The molecule has 2 aliphatic rings. The lowest BCUT2D eigenvalue weighted by Gasteiger charge is -2.36. The molecule has 23 heavy (non-hydrogen) atoms. The number of aromatic nitrogens is 1. The van der Waals surface area contributed by atoms with Crippen LogP contribution in [0.5, 0.6) is 5.88 Å². The van der Waals surface area contributed by atoms with E-state index in [0.29, 0.717) is 12.8 Å². The molecule has 5 nitrogen and oxygen atoms in total. The van der Waals surface area contributed by atoms with E-state index in [1.54, 1.807) is 0 Å². The van der Waals surface area contributed by atoms with Gasteiger partial charge in [-0.2, -0.15) is 13.2 Å². The molecule has 1 unspecified atom stereocenters. The second-order valence-electron chi connectivity index (χ2n) is 5.79. The molecule has 0 aromatic carbocycles. The zero-order valence-corrected chi connectivity index (χ0v) is 12.6. The fraction of sp³-hybridized carbons (Fsp3) is 0.571. The van der Waals surface area contributed by atoms with Gasteiger partial charge in [-0.25, -0.2) is 9.78 Å². The molecule has 2 fully saturated rings. The van der Waals surface area contributed by atoms with Crippen LogP contribution in [0, 0.1) is 0 Å². The molecule has 2 aliphatic heterocycles. The van der Waals surface area contributed by atoms with Gasteiger partial charge < -0.3 is 14.7 Å². The van der Waals surface area contributed by atoms with E-state index in [4.69, 9.17) is 16.3 Å². The molecule has 2 bridgehead atoms. The first-order valence-electron chi connectivity index (χ1n) is 7.16. The lowest BCUT2D eigenvalue weighted by Crippen LogP contribution is -2.48. The van der Waals surface area contributed by atoms with Crippen LogP contribution in [0.1, 0.15) is 31.2 Å². The normalized spacial score (nSPS) is 27.1. The molecule has 3 atom stereocenters. The summed E-state index contributed by atoms with van der Waals surface area (Å²) in [6.45, 7) is 0. The van der Waals surface area contributed by atoms with E-state index in [9.17, 15) is 23.1 Å². The Kier molecular flexibility index (Phi) is 4.03. The van der Waals surface area contributed by atoms with E-state index in [1.807, 2.05) is 0 Å². The van der Waals surface area contributed by atoms with Gasteiger partial charge in [0.05, 0.1) is 16.8 Å². The zero-order valence-electron chi connectivity index (χ0n) is 11.9. The fourth-order valence-corrected chi connectivity index (χ4v) is 3.62. The summed E-state index contributed by atoms with van der Waals surface area (Å²) >= 11 is 5.52. The van der Waals surface area contributed by atoms with Crippen LogP contribution in [0.2, 0.25) is 5.02 Å². The van der Waals surface area contributed by atoms with Crippen molar-refractivity contribution in [3.05, 3.63) is 22.8 Å². The van der Waals surface area contributed by atoms with E-state index in [-0.39, 0.29) is 24.1 Å². The molecule has 1 aromatic rings. The number of piperidine rings is 1. The van der Waals surface area contributed by atoms with Crippen molar-refractivity contribution in [3.8, 4) is 5.88 Å². The van der Waals surface area contributed by atoms with Gasteiger partial charge in [0.2, 0.25) is 5.88 Å². The quantitative estimate of drug-likeness (QED) is 0.881. The highest BCUT2D eigenvalue weighted by Gasteiger charge is 2.44. The number of hydrogen-bond donors (Lipinski definition) is 1. The Hall–Kier alpha value is -1.70. The molecular formula is C14H14ClF3N2O3. The topological polar surface area (TPSA) is 62.7 Å². The number of pyridine rings is 1. The van der Waals surface area contributed by atoms with Crippen molar-refractivity contribution in [1.29, 1.82) is 0 Å². The molecule has 1 amide bonds. The standard InChI is InChI=1S/C14H14ClF3N2O3/c15-11-6-19-12(5-10(11)14(16,17)18)23-9-3-7-1-2-8(4-9)20(7)13(21)22/h5-9H,1-4H2,(H,21,22)/t7-,8+,9?. The largest absolute Gasteiger partial charge is 0.474 e. The third kappa shape index (κ3) is 3.17. The highest BCUT2D eigenvalue weighted by atomic mass is 35.5. The monoisotopic (exact) mass is 350 g/mol. The van der Waals surface area contributed by atoms with Crippen molar-refractivity contribution in [2.75, 3.05) is 0 Å². The summed E-state index contributed by atoms with van der Waals surface area (Å²) in [7, 11) is 0. The highest BCUT2D eigenvalue weighted by molar-refractivity contribution is 6.31. The summed E-state index contributed by atoms with van der Waals surface area (Å²) in [5, 5.41) is 8.70. The molecule has 1 aromatic heterocycles. The van der Waals surface area contributed by atoms with Gasteiger partial charge in [0.25, 0.3) is 0 Å². The van der Waals surface area contributed by atoms with Crippen molar-refractivity contribution in [2.24, 2.45) is 0 Å². The smallest absolute Gasteiger partial charge is 0.418 e. The lowest BCUT2D eigenvalue weighted by molar-refractivity contribution is -0.137. The number of rotatable bonds is 2. The van der Waals surface area contributed by atoms with Gasteiger partial charge in [-0.3, -0.25) is 0 Å². The van der Waals surface area contributed by atoms with Crippen LogP contribution in [-0.4, -0.2) is 39.3 Å². The first-order valence-corrected chi connectivity index (χ1v) is 7.54. The van der Waals surface area contributed by atoms with E-state index in [2.05, 4.69) is 4.98 Å². The Morgan fingerprint density at radius 3 is 2.48 bits per heavy atom. The number of hydrogen-bond acceptors (Lipinski definition) is 3. The van der Waals surface area contributed by atoms with Crippen molar-refractivity contribution >= 4 is 17.7 Å². The number of amides is 1. The molecule has 0 spiro atoms. The molecular weight excluding hydrogens is 337 g/mol. The molecule has 1 N–H and O–H groups in total. The summed E-state index contributed by atoms with van der Waals surface area (Å²) in [5.41, 5.74) is -0.991. The molecule has 0 aliphatic carbocycles. The van der Waals surface area contributed by atoms with Crippen LogP contribution in [0.15, 0.2) is 12.3 Å². The Morgan fingerprint density at radius 1 is 1.35 bits per heavy atom. The van der Waals surface area contributed by atoms with Crippen molar-refractivity contribution < 1.29 is 27.8 Å². The second-order valence-corrected chi connectivity index (χ2v) is 6.19. The van der Waals surface area contributed by atoms with Crippen LogP contribution < -0.4 is 4.74 Å². The van der Waals surface area contributed by atoms with Gasteiger partial charge in [0.1, 0.15) is 6.10 Å². The third-order valence-corrected chi connectivity index (χ3v) is 4.63. The van der Waals surface area contributed by atoms with Gasteiger partial charge in [-0.05, 0) is 12.8 Å². The van der Waals surface area contributed by atoms with Gasteiger partial charge in [-0.1, -0.05) is 11.6 Å². The zero-order chi connectivity index (χ0) is 16.8. The van der Waals surface area contributed by atoms with Gasteiger partial charge in [0, 0.05) is 31.0 Å². The number of nitrogens with zero attached hydrogens (tertiary/aromatic N) is 2. The Bertz CT molecular complexity index is 612. The van der Waals surface area contributed by atoms with Gasteiger partial charge in [0.15, 0.2) is 0 Å². The molecule has 126 valence electrons. The maximum atomic E-state index is 12.8. The summed E-state index contributed by atoms with van der Waals surface area (Å²) in [4.78, 5) is 16.4. The van der Waals surface area contributed by atoms with E-state index >= 15 is 0 Å². The van der Waals surface area contributed by atoms with Crippen LogP contribution >= 0.6 is 11.6 Å². The first kappa shape index (κ1) is 16.2. The maximum Gasteiger partial charge on any atom is 0.418 e. The lowest BCUT2D eigenvalue weighted by atomic mass is 10.0. The molecule has 3 rings (SSSR count). The van der Waals surface area contributed by atoms with Crippen LogP contribution in [-0.2, 0) is 6.18 Å². The number of fused-ring (bicyclic) bond motifs is 2. The molecule has 0 radical (unpaired) electrons. The summed E-state index contributed by atoms with van der Waals surface area (Å²) in [6, 6.07) is 0.490. The molecule has 9 heteroatoms. The van der Waals surface area contributed by atoms with E-state index in [0.717, 1.165) is 25.1 Å². The van der Waals surface area contributed by atoms with Crippen LogP contribution in [0.4, 0.5) is 18.0 Å². The fourth-order valence-electron chi connectivity index (χ4n) is 3.41. The van der Waals surface area contributed by atoms with Gasteiger partial charge >= 0.3 is 12.3 Å². The Balaban J connectivity index is 1.73. The highest BCUT2D eigenvalue weighted by Crippen LogP contribution is 2.39. The summed E-state index contributed by atoms with van der Waals surface area (Å²) in [6.07, 6.45) is -2.57. The predicted octanol–water partition coefficient (Wildman–Crippen LogP) is 3.81. The summed E-state index contributed by atoms with van der Waals surface area (Å²) < 4.78 is 44.1. The summed E-state index contributed by atoms with van der Waals surface area (Å²) in [5.74, 6) is -0.144. The Labute approximate surface area is 135 Å². The number of alkyl halides is 3. The van der Waals surface area contributed by atoms with Crippen molar-refractivity contribution in [3.63, 3.8) is 0 Å². The van der Waals surface area contributed by atoms with Crippen LogP contribution in [0.25, 0.3) is 0 Å². The van der Waals surface area contributed by atoms with Gasteiger partial charge in [-0.15, -0.1) is 0 Å². The average Bonchev–Trinajstić information content (AvgIpc) is 2.72. The SMILES string of the molecule is O=C(O)N1[C@@H]2CC[C@H]1CC(Oc1cc(C(F)(F)F)c(Cl)cn1)C2. The first-order chi connectivity index (χ1) is 10.8. The van der Waals surface area contributed by atoms with Crippen molar-refractivity contribution in [2.45, 2.75) is 50.0 Å². The average molecular weight is 351 g/mol. The van der Waals surface area contributed by atoms with Crippen LogP contribution in [0.3, 0.4) is 0 Å². The number of carbonyl (C=O) groups is 1. The minimum absolute atomic E-state index is 0.144. The van der Waals surface area contributed by atoms with E-state index in [1.165, 1.54) is 4.90 Å². The van der Waals surface area contributed by atoms with E-state index < -0.39 is 22.9 Å². The third-order valence-electron chi connectivity index (χ3n) is 4.33. The molecule has 0 saturated carbocycles. The molecule has 3 heterocycles. The number of halogens is 4. The number of ether oxygens (including phenoxy) is 1. The minimum Gasteiger partial charge on any atom is -0.474 e.